The largest absolute Gasteiger partial charge is 0.508 e. The third-order valence-corrected chi connectivity index (χ3v) is 2.30. The zero-order valence-electron chi connectivity index (χ0n) is 8.84. The molecule has 0 aliphatic heterocycles. The molecule has 4 N–H and O–H groups in total. The molecular formula is C11H14O5. The third-order valence-electron chi connectivity index (χ3n) is 2.30. The second-order valence-corrected chi connectivity index (χ2v) is 3.54. The van der Waals surface area contributed by atoms with E-state index < -0.39 is 17.8 Å². The van der Waals surface area contributed by atoms with E-state index in [1.165, 1.54) is 0 Å². The van der Waals surface area contributed by atoms with E-state index in [9.17, 15) is 20.1 Å². The molecule has 0 bridgehead atoms. The molecule has 0 aliphatic carbocycles. The molecule has 0 amide bonds. The van der Waals surface area contributed by atoms with Crippen molar-refractivity contribution < 1.29 is 25.2 Å². The van der Waals surface area contributed by atoms with Crippen LogP contribution in [0.5, 0.6) is 11.5 Å². The predicted octanol–water partition coefficient (Wildman–Crippen LogP) is 1.63. The van der Waals surface area contributed by atoms with E-state index in [1.807, 2.05) is 6.92 Å². The van der Waals surface area contributed by atoms with Crippen LogP contribution in [0.1, 0.15) is 41.8 Å². The maximum absolute atomic E-state index is 10.6. The van der Waals surface area contributed by atoms with Gasteiger partial charge in [0.1, 0.15) is 17.1 Å². The molecule has 0 saturated carbocycles. The van der Waals surface area contributed by atoms with Crippen LogP contribution in [0.4, 0.5) is 0 Å². The predicted molar refractivity (Wildman–Crippen MR) is 56.6 cm³/mol. The topological polar surface area (TPSA) is 98.0 Å². The van der Waals surface area contributed by atoms with Crippen molar-refractivity contribution in [1.29, 1.82) is 0 Å². The van der Waals surface area contributed by atoms with Crippen LogP contribution in [0, 0.1) is 0 Å². The van der Waals surface area contributed by atoms with E-state index in [0.29, 0.717) is 12.8 Å². The molecule has 0 heterocycles. The first-order valence-electron chi connectivity index (χ1n) is 4.94. The fourth-order valence-electron chi connectivity index (χ4n) is 1.46. The number of aromatic hydroxyl groups is 2. The highest BCUT2D eigenvalue weighted by Crippen LogP contribution is 2.33. The van der Waals surface area contributed by atoms with E-state index >= 15 is 0 Å². The molecule has 0 aromatic heterocycles. The SMILES string of the molecule is CCCC(O)c1cc(O)c(C(=O)O)cc1O. The Bertz CT molecular complexity index is 400. The fraction of sp³-hybridized carbons (Fsp3) is 0.364. The van der Waals surface area contributed by atoms with Gasteiger partial charge in [0.05, 0.1) is 6.10 Å². The molecule has 0 spiro atoms. The molecular weight excluding hydrogens is 212 g/mol. The zero-order chi connectivity index (χ0) is 12.3. The van der Waals surface area contributed by atoms with Gasteiger partial charge in [-0.15, -0.1) is 0 Å². The van der Waals surface area contributed by atoms with Crippen LogP contribution in [0.15, 0.2) is 12.1 Å². The molecule has 1 aromatic rings. The van der Waals surface area contributed by atoms with Gasteiger partial charge in [0.15, 0.2) is 0 Å². The van der Waals surface area contributed by atoms with Crippen LogP contribution in [-0.4, -0.2) is 26.4 Å². The number of aliphatic hydroxyl groups excluding tert-OH is 1. The van der Waals surface area contributed by atoms with E-state index in [4.69, 9.17) is 5.11 Å². The average molecular weight is 226 g/mol. The Kier molecular flexibility index (Phi) is 3.73. The number of hydrogen-bond donors (Lipinski definition) is 4. The standard InChI is InChI=1S/C11H14O5/c1-2-3-8(12)6-4-10(14)7(11(15)16)5-9(6)13/h4-5,8,12-14H,2-3H2,1H3,(H,15,16). The van der Waals surface area contributed by atoms with Gasteiger partial charge in [-0.3, -0.25) is 0 Å². The highest BCUT2D eigenvalue weighted by atomic mass is 16.4. The molecule has 0 aliphatic rings. The molecule has 5 heteroatoms. The van der Waals surface area contributed by atoms with E-state index in [1.54, 1.807) is 0 Å². The second-order valence-electron chi connectivity index (χ2n) is 3.54. The van der Waals surface area contributed by atoms with Gasteiger partial charge in [0.25, 0.3) is 0 Å². The lowest BCUT2D eigenvalue weighted by molar-refractivity contribution is 0.0692. The number of benzene rings is 1. The Labute approximate surface area is 92.6 Å². The van der Waals surface area contributed by atoms with Gasteiger partial charge < -0.3 is 20.4 Å². The molecule has 1 aromatic carbocycles. The lowest BCUT2D eigenvalue weighted by atomic mass is 10.0. The Morgan fingerprint density at radius 1 is 1.31 bits per heavy atom. The van der Waals surface area contributed by atoms with Crippen molar-refractivity contribution in [2.45, 2.75) is 25.9 Å². The second kappa shape index (κ2) is 4.85. The summed E-state index contributed by atoms with van der Waals surface area (Å²) in [5, 5.41) is 37.3. The molecule has 16 heavy (non-hydrogen) atoms. The minimum atomic E-state index is -1.33. The van der Waals surface area contributed by atoms with Gasteiger partial charge in [-0.1, -0.05) is 13.3 Å². The lowest BCUT2D eigenvalue weighted by Gasteiger charge is -2.13. The van der Waals surface area contributed by atoms with Crippen LogP contribution in [0.2, 0.25) is 0 Å². The quantitative estimate of drug-likeness (QED) is 0.585. The number of aromatic carboxylic acids is 1. The van der Waals surface area contributed by atoms with E-state index in [-0.39, 0.29) is 16.9 Å². The number of phenols is 2. The number of hydrogen-bond acceptors (Lipinski definition) is 4. The Balaban J connectivity index is 3.15. The van der Waals surface area contributed by atoms with Gasteiger partial charge in [0.2, 0.25) is 0 Å². The number of phenolic OH excluding ortho intramolecular Hbond substituents is 1. The average Bonchev–Trinajstić information content (AvgIpc) is 2.20. The monoisotopic (exact) mass is 226 g/mol. The third kappa shape index (κ3) is 2.43. The Hall–Kier alpha value is -1.75. The maximum atomic E-state index is 10.6. The van der Waals surface area contributed by atoms with Crippen LogP contribution < -0.4 is 0 Å². The molecule has 1 rings (SSSR count). The van der Waals surface area contributed by atoms with Crippen molar-refractivity contribution in [3.8, 4) is 11.5 Å². The fourth-order valence-corrected chi connectivity index (χ4v) is 1.46. The summed E-state index contributed by atoms with van der Waals surface area (Å²) in [5.74, 6) is -2.11. The number of carboxylic acid groups (broad SMARTS) is 1. The molecule has 5 nitrogen and oxygen atoms in total. The Morgan fingerprint density at radius 2 is 1.94 bits per heavy atom. The zero-order valence-corrected chi connectivity index (χ0v) is 8.84. The van der Waals surface area contributed by atoms with Crippen LogP contribution >= 0.6 is 0 Å². The van der Waals surface area contributed by atoms with Crippen LogP contribution in [-0.2, 0) is 0 Å². The maximum Gasteiger partial charge on any atom is 0.339 e. The van der Waals surface area contributed by atoms with Crippen LogP contribution in [0.25, 0.3) is 0 Å². The molecule has 0 saturated heterocycles. The molecule has 88 valence electrons. The molecule has 0 radical (unpaired) electrons. The first-order chi connectivity index (χ1) is 7.47. The van der Waals surface area contributed by atoms with Gasteiger partial charge in [0, 0.05) is 5.56 Å². The van der Waals surface area contributed by atoms with E-state index in [2.05, 4.69) is 0 Å². The number of carboxylic acids is 1. The lowest BCUT2D eigenvalue weighted by Crippen LogP contribution is -2.01. The molecule has 0 fully saturated rings. The molecule has 1 atom stereocenters. The summed E-state index contributed by atoms with van der Waals surface area (Å²) in [6.07, 6.45) is 0.236. The summed E-state index contributed by atoms with van der Waals surface area (Å²) >= 11 is 0. The van der Waals surface area contributed by atoms with Crippen molar-refractivity contribution in [2.24, 2.45) is 0 Å². The highest BCUT2D eigenvalue weighted by Gasteiger charge is 2.18. The molecule has 1 unspecified atom stereocenters. The van der Waals surface area contributed by atoms with Crippen LogP contribution in [0.3, 0.4) is 0 Å². The van der Waals surface area contributed by atoms with E-state index in [0.717, 1.165) is 12.1 Å². The van der Waals surface area contributed by atoms with Crippen molar-refractivity contribution in [3.05, 3.63) is 23.3 Å². The smallest absolute Gasteiger partial charge is 0.339 e. The van der Waals surface area contributed by atoms with Crippen molar-refractivity contribution in [1.82, 2.24) is 0 Å². The summed E-state index contributed by atoms with van der Waals surface area (Å²) < 4.78 is 0. The number of rotatable bonds is 4. The van der Waals surface area contributed by atoms with Crippen molar-refractivity contribution in [3.63, 3.8) is 0 Å². The number of carbonyl (C=O) groups is 1. The summed E-state index contributed by atoms with van der Waals surface area (Å²) in [6, 6.07) is 2.02. The first-order valence-corrected chi connectivity index (χ1v) is 4.94. The minimum absolute atomic E-state index is 0.143. The summed E-state index contributed by atoms with van der Waals surface area (Å²) in [7, 11) is 0. The van der Waals surface area contributed by atoms with Gasteiger partial charge in [-0.05, 0) is 18.6 Å². The normalized spacial score (nSPS) is 12.4. The number of aliphatic hydroxyl groups is 1. The first kappa shape index (κ1) is 12.3. The Morgan fingerprint density at radius 3 is 2.44 bits per heavy atom. The van der Waals surface area contributed by atoms with Gasteiger partial charge in [-0.2, -0.15) is 0 Å². The highest BCUT2D eigenvalue weighted by molar-refractivity contribution is 5.91. The van der Waals surface area contributed by atoms with Crippen molar-refractivity contribution >= 4 is 5.97 Å². The summed E-state index contributed by atoms with van der Waals surface area (Å²) in [6.45, 7) is 1.87. The summed E-state index contributed by atoms with van der Waals surface area (Å²) in [4.78, 5) is 10.6. The van der Waals surface area contributed by atoms with Gasteiger partial charge >= 0.3 is 5.97 Å². The van der Waals surface area contributed by atoms with Gasteiger partial charge in [-0.25, -0.2) is 4.79 Å². The summed E-state index contributed by atoms with van der Waals surface area (Å²) in [5.41, 5.74) is -0.241. The minimum Gasteiger partial charge on any atom is -0.508 e. The van der Waals surface area contributed by atoms with Crippen molar-refractivity contribution in [2.75, 3.05) is 0 Å².